The largest absolute Gasteiger partial charge is 0.395 e. The van der Waals surface area contributed by atoms with Crippen LogP contribution in [0.1, 0.15) is 11.5 Å². The minimum absolute atomic E-state index is 0.0847. The molecular weight excluding hydrogens is 369 g/mol. The molecule has 3 unspecified atom stereocenters. The van der Waals surface area contributed by atoms with Crippen LogP contribution in [0.2, 0.25) is 10.0 Å². The molecule has 24 heavy (non-hydrogen) atoms. The first kappa shape index (κ1) is 17.2. The van der Waals surface area contributed by atoms with Crippen molar-refractivity contribution in [2.75, 3.05) is 6.61 Å². The van der Waals surface area contributed by atoms with E-state index in [4.69, 9.17) is 23.2 Å². The summed E-state index contributed by atoms with van der Waals surface area (Å²) in [6, 6.07) is 14.5. The third-order valence-electron chi connectivity index (χ3n) is 4.43. The van der Waals surface area contributed by atoms with Crippen molar-refractivity contribution >= 4 is 33.0 Å². The number of aliphatic hydroxyl groups excluding tert-OH is 1. The van der Waals surface area contributed by atoms with E-state index in [0.717, 1.165) is 0 Å². The maximum atomic E-state index is 13.0. The smallest absolute Gasteiger partial charge is 0.183 e. The fourth-order valence-electron chi connectivity index (χ4n) is 3.13. The zero-order valence-corrected chi connectivity index (χ0v) is 14.7. The summed E-state index contributed by atoms with van der Waals surface area (Å²) in [4.78, 5) is 0.0847. The van der Waals surface area contributed by atoms with Crippen LogP contribution in [0, 0.1) is 16.7 Å². The summed E-state index contributed by atoms with van der Waals surface area (Å²) < 4.78 is 25.9. The molecule has 4 nitrogen and oxygen atoms in total. The number of benzene rings is 2. The fraction of sp³-hybridized carbons (Fsp3) is 0.235. The first-order valence-corrected chi connectivity index (χ1v) is 9.44. The predicted molar refractivity (Wildman–Crippen MR) is 91.8 cm³/mol. The molecule has 0 saturated heterocycles. The van der Waals surface area contributed by atoms with Crippen molar-refractivity contribution in [1.82, 2.24) is 0 Å². The van der Waals surface area contributed by atoms with E-state index in [2.05, 4.69) is 0 Å². The molecule has 3 rings (SSSR count). The Balaban J connectivity index is 2.06. The third-order valence-corrected chi connectivity index (χ3v) is 7.23. The van der Waals surface area contributed by atoms with Crippen molar-refractivity contribution in [2.45, 2.75) is 16.1 Å². The van der Waals surface area contributed by atoms with Crippen LogP contribution in [-0.2, 0) is 9.84 Å². The summed E-state index contributed by atoms with van der Waals surface area (Å²) in [5, 5.41) is 19.2. The summed E-state index contributed by atoms with van der Waals surface area (Å²) in [6.07, 6.45) is 0. The number of hydrogen-bond donors (Lipinski definition) is 1. The molecule has 0 bridgehead atoms. The molecule has 2 aromatic carbocycles. The monoisotopic (exact) mass is 381 g/mol. The SMILES string of the molecule is N#CC1(CO)C(c2ccc(Cl)cc2)C1S(=O)(=O)c1ccc(Cl)cc1. The Bertz CT molecular complexity index is 904. The average molecular weight is 382 g/mol. The molecule has 3 atom stereocenters. The second-order valence-electron chi connectivity index (χ2n) is 5.76. The minimum Gasteiger partial charge on any atom is -0.395 e. The molecular formula is C17H13Cl2NO3S. The number of nitriles is 1. The van der Waals surface area contributed by atoms with Gasteiger partial charge in [-0.15, -0.1) is 0 Å². The van der Waals surface area contributed by atoms with Crippen LogP contribution in [0.5, 0.6) is 0 Å². The van der Waals surface area contributed by atoms with E-state index >= 15 is 0 Å². The Hall–Kier alpha value is -1.58. The molecule has 1 aliphatic carbocycles. The van der Waals surface area contributed by atoms with Crippen LogP contribution in [0.25, 0.3) is 0 Å². The quantitative estimate of drug-likeness (QED) is 0.879. The normalized spacial score (nSPS) is 25.9. The minimum atomic E-state index is -3.80. The van der Waals surface area contributed by atoms with Crippen LogP contribution in [-0.4, -0.2) is 25.4 Å². The molecule has 0 spiro atoms. The second kappa shape index (κ2) is 6.05. The molecule has 124 valence electrons. The van der Waals surface area contributed by atoms with Gasteiger partial charge >= 0.3 is 0 Å². The molecule has 1 N–H and O–H groups in total. The summed E-state index contributed by atoms with van der Waals surface area (Å²) in [5.41, 5.74) is -0.690. The number of halogens is 2. The molecule has 7 heteroatoms. The van der Waals surface area contributed by atoms with E-state index in [1.165, 1.54) is 24.3 Å². The van der Waals surface area contributed by atoms with Crippen molar-refractivity contribution in [3.05, 3.63) is 64.1 Å². The summed E-state index contributed by atoms with van der Waals surface area (Å²) in [5.74, 6) is -0.606. The average Bonchev–Trinajstić information content (AvgIpc) is 3.26. The van der Waals surface area contributed by atoms with E-state index in [1.54, 1.807) is 24.3 Å². The number of rotatable bonds is 4. The number of sulfone groups is 1. The van der Waals surface area contributed by atoms with Crippen LogP contribution in [0.15, 0.2) is 53.4 Å². The molecule has 0 amide bonds. The zero-order valence-electron chi connectivity index (χ0n) is 12.4. The van der Waals surface area contributed by atoms with Gasteiger partial charge in [0.2, 0.25) is 0 Å². The number of nitrogens with zero attached hydrogens (tertiary/aromatic N) is 1. The van der Waals surface area contributed by atoms with Gasteiger partial charge in [0.05, 0.1) is 22.8 Å². The van der Waals surface area contributed by atoms with Gasteiger partial charge in [-0.3, -0.25) is 0 Å². The van der Waals surface area contributed by atoms with Crippen molar-refractivity contribution in [1.29, 1.82) is 5.26 Å². The Morgan fingerprint density at radius 1 is 1.04 bits per heavy atom. The predicted octanol–water partition coefficient (Wildman–Crippen LogP) is 3.44. The van der Waals surface area contributed by atoms with Gasteiger partial charge in [0, 0.05) is 16.0 Å². The zero-order chi connectivity index (χ0) is 17.5. The maximum absolute atomic E-state index is 13.0. The molecule has 1 saturated carbocycles. The van der Waals surface area contributed by atoms with E-state index in [0.29, 0.717) is 15.6 Å². The Labute approximate surface area is 150 Å². The van der Waals surface area contributed by atoms with Gasteiger partial charge in [-0.2, -0.15) is 5.26 Å². The highest BCUT2D eigenvalue weighted by atomic mass is 35.5. The molecule has 0 heterocycles. The first-order valence-electron chi connectivity index (χ1n) is 7.14. The van der Waals surface area contributed by atoms with Crippen molar-refractivity contribution in [3.8, 4) is 6.07 Å². The van der Waals surface area contributed by atoms with E-state index < -0.39 is 33.0 Å². The second-order valence-corrected chi connectivity index (χ2v) is 8.70. The van der Waals surface area contributed by atoms with Crippen molar-refractivity contribution in [2.24, 2.45) is 5.41 Å². The van der Waals surface area contributed by atoms with Gasteiger partial charge < -0.3 is 5.11 Å². The van der Waals surface area contributed by atoms with E-state index in [-0.39, 0.29) is 4.90 Å². The fourth-order valence-corrected chi connectivity index (χ4v) is 5.70. The molecule has 0 aliphatic heterocycles. The van der Waals surface area contributed by atoms with E-state index in [9.17, 15) is 18.8 Å². The van der Waals surface area contributed by atoms with Crippen LogP contribution in [0.3, 0.4) is 0 Å². The molecule has 1 fully saturated rings. The van der Waals surface area contributed by atoms with E-state index in [1.807, 2.05) is 6.07 Å². The molecule has 0 radical (unpaired) electrons. The molecule has 2 aromatic rings. The van der Waals surface area contributed by atoms with Gasteiger partial charge in [0.1, 0.15) is 5.41 Å². The van der Waals surface area contributed by atoms with Gasteiger partial charge in [0.25, 0.3) is 0 Å². The Morgan fingerprint density at radius 2 is 1.54 bits per heavy atom. The van der Waals surface area contributed by atoms with Crippen LogP contribution < -0.4 is 0 Å². The Morgan fingerprint density at radius 3 is 2.00 bits per heavy atom. The topological polar surface area (TPSA) is 78.2 Å². The summed E-state index contributed by atoms with van der Waals surface area (Å²) in [7, 11) is -3.80. The lowest BCUT2D eigenvalue weighted by molar-refractivity contribution is 0.242. The standard InChI is InChI=1S/C17H13Cl2NO3S/c18-12-3-1-11(2-4-12)15-16(17(15,9-20)10-21)24(22,23)14-7-5-13(19)6-8-14/h1-8,15-16,21H,10H2. The summed E-state index contributed by atoms with van der Waals surface area (Å²) in [6.45, 7) is -0.533. The van der Waals surface area contributed by atoms with Crippen molar-refractivity contribution < 1.29 is 13.5 Å². The molecule has 0 aromatic heterocycles. The van der Waals surface area contributed by atoms with Gasteiger partial charge in [-0.1, -0.05) is 35.3 Å². The number of hydrogen-bond acceptors (Lipinski definition) is 4. The summed E-state index contributed by atoms with van der Waals surface area (Å²) >= 11 is 11.7. The highest BCUT2D eigenvalue weighted by Gasteiger charge is 2.72. The van der Waals surface area contributed by atoms with Gasteiger partial charge in [0.15, 0.2) is 9.84 Å². The first-order chi connectivity index (χ1) is 11.4. The van der Waals surface area contributed by atoms with Gasteiger partial charge in [-0.25, -0.2) is 8.42 Å². The molecule has 1 aliphatic rings. The maximum Gasteiger partial charge on any atom is 0.183 e. The van der Waals surface area contributed by atoms with Crippen molar-refractivity contribution in [3.63, 3.8) is 0 Å². The lowest BCUT2D eigenvalue weighted by atomic mass is 10.0. The highest BCUT2D eigenvalue weighted by molar-refractivity contribution is 7.92. The third kappa shape index (κ3) is 2.60. The van der Waals surface area contributed by atoms with Crippen LogP contribution >= 0.6 is 23.2 Å². The lowest BCUT2D eigenvalue weighted by Crippen LogP contribution is -2.18. The number of aliphatic hydroxyl groups is 1. The van der Waals surface area contributed by atoms with Gasteiger partial charge in [-0.05, 0) is 42.0 Å². The highest BCUT2D eigenvalue weighted by Crippen LogP contribution is 2.63. The Kier molecular flexibility index (Phi) is 4.35. The van der Waals surface area contributed by atoms with Crippen LogP contribution in [0.4, 0.5) is 0 Å². The lowest BCUT2D eigenvalue weighted by Gasteiger charge is -2.06.